The van der Waals surface area contributed by atoms with Gasteiger partial charge in [-0.25, -0.2) is 9.97 Å². The van der Waals surface area contributed by atoms with Crippen molar-refractivity contribution in [3.63, 3.8) is 0 Å². The van der Waals surface area contributed by atoms with Crippen LogP contribution in [0.3, 0.4) is 0 Å². The van der Waals surface area contributed by atoms with Gasteiger partial charge in [-0.05, 0) is 79.7 Å². The van der Waals surface area contributed by atoms with Crippen molar-refractivity contribution in [3.8, 4) is 0 Å². The standard InChI is InChI=1S/C13H26.C12H20S.C11H20N2.C11H19NO.C11H19NS.5CH4/c1-12(2,3)10-8-7-9-11(10)13(4,5)6;1-11(2,3)9-7-8-13-10(9)12(4,5)6;1-10(2,3)8-7-12-13-9(8)11(4,5)6;2*1-10(2,3)8-9(11(4,5)6)13-7-12-8;;;;;/h10-11H,7-9H2,1-6H3;7-8H,1-6H3;7H,1-6H3,(H,12,13);2*7H,1-6H3;5*1H4. The van der Waals surface area contributed by atoms with E-state index in [2.05, 4.69) is 239 Å². The van der Waals surface area contributed by atoms with E-state index in [0.717, 1.165) is 23.3 Å². The van der Waals surface area contributed by atoms with Gasteiger partial charge in [0.15, 0.2) is 6.39 Å². The first-order valence-corrected chi connectivity index (χ1v) is 26.4. The third-order valence-corrected chi connectivity index (χ3v) is 14.6. The molecular formula is C63H124N4OS2. The summed E-state index contributed by atoms with van der Waals surface area (Å²) in [5.41, 5.74) is 10.8. The fraction of sp³-hybridized carbons (Fsp3) is 0.794. The molecule has 4 heterocycles. The molecule has 70 heavy (non-hydrogen) atoms. The number of thiazole rings is 1. The molecule has 0 amide bonds. The van der Waals surface area contributed by atoms with Crippen LogP contribution in [-0.2, 0) is 43.3 Å². The van der Waals surface area contributed by atoms with Crippen LogP contribution in [0.4, 0.5) is 0 Å². The highest BCUT2D eigenvalue weighted by molar-refractivity contribution is 7.10. The second kappa shape index (κ2) is 27.3. The van der Waals surface area contributed by atoms with Crippen LogP contribution in [0.5, 0.6) is 0 Å². The Hall–Kier alpha value is -2.25. The molecule has 0 aromatic carbocycles. The summed E-state index contributed by atoms with van der Waals surface area (Å²) in [7, 11) is 0. The Morgan fingerprint density at radius 2 is 0.871 bits per heavy atom. The number of nitrogens with one attached hydrogen (secondary N) is 1. The molecule has 2 unspecified atom stereocenters. The molecule has 7 heteroatoms. The lowest BCUT2D eigenvalue weighted by atomic mass is 9.66. The molecule has 1 aliphatic carbocycles. The number of aromatic amines is 1. The number of rotatable bonds is 0. The molecule has 414 valence electrons. The van der Waals surface area contributed by atoms with Crippen LogP contribution in [0.2, 0.25) is 0 Å². The number of nitrogens with zero attached hydrogens (tertiary/aromatic N) is 3. The number of aromatic nitrogens is 4. The van der Waals surface area contributed by atoms with Gasteiger partial charge in [-0.1, -0.05) is 251 Å². The first kappa shape index (κ1) is 76.7. The van der Waals surface area contributed by atoms with Crippen LogP contribution < -0.4 is 0 Å². The highest BCUT2D eigenvalue weighted by Gasteiger charge is 2.41. The van der Waals surface area contributed by atoms with Crippen molar-refractivity contribution in [2.45, 2.75) is 307 Å². The van der Waals surface area contributed by atoms with E-state index in [1.165, 1.54) is 51.5 Å². The quantitative estimate of drug-likeness (QED) is 0.191. The molecule has 1 saturated carbocycles. The van der Waals surface area contributed by atoms with Crippen molar-refractivity contribution < 1.29 is 4.42 Å². The predicted octanol–water partition coefficient (Wildman–Crippen LogP) is 22.0. The Labute approximate surface area is 448 Å². The molecule has 0 spiro atoms. The maximum atomic E-state index is 5.44. The molecule has 1 aliphatic rings. The smallest absolute Gasteiger partial charge is 0.181 e. The maximum Gasteiger partial charge on any atom is 0.181 e. The van der Waals surface area contributed by atoms with E-state index >= 15 is 0 Å². The van der Waals surface area contributed by atoms with Gasteiger partial charge in [0.1, 0.15) is 5.76 Å². The summed E-state index contributed by atoms with van der Waals surface area (Å²) in [6.07, 6.45) is 7.84. The molecular weight excluding hydrogens is 893 g/mol. The monoisotopic (exact) mass is 1020 g/mol. The summed E-state index contributed by atoms with van der Waals surface area (Å²) in [4.78, 5) is 11.7. The molecule has 0 bridgehead atoms. The Morgan fingerprint density at radius 3 is 1.14 bits per heavy atom. The third kappa shape index (κ3) is 23.7. The average molecular weight is 1020 g/mol. The second-order valence-corrected chi connectivity index (χ2v) is 31.0. The minimum absolute atomic E-state index is 0. The van der Waals surface area contributed by atoms with Crippen molar-refractivity contribution in [3.05, 3.63) is 73.3 Å². The minimum atomic E-state index is 0. The predicted molar refractivity (Wildman–Crippen MR) is 325 cm³/mol. The van der Waals surface area contributed by atoms with Gasteiger partial charge in [-0.3, -0.25) is 5.10 Å². The van der Waals surface area contributed by atoms with E-state index in [0.29, 0.717) is 10.8 Å². The van der Waals surface area contributed by atoms with E-state index < -0.39 is 0 Å². The largest absolute Gasteiger partial charge is 0.448 e. The minimum Gasteiger partial charge on any atom is -0.448 e. The summed E-state index contributed by atoms with van der Waals surface area (Å²) >= 11 is 3.66. The van der Waals surface area contributed by atoms with E-state index in [1.807, 2.05) is 23.0 Å². The number of hydrogen-bond acceptors (Lipinski definition) is 6. The van der Waals surface area contributed by atoms with E-state index in [9.17, 15) is 0 Å². The van der Waals surface area contributed by atoms with E-state index in [4.69, 9.17) is 4.42 Å². The summed E-state index contributed by atoms with van der Waals surface area (Å²) in [6, 6.07) is 2.27. The van der Waals surface area contributed by atoms with Crippen LogP contribution in [0.25, 0.3) is 0 Å². The first-order valence-electron chi connectivity index (χ1n) is 24.7. The number of thiophene rings is 1. The molecule has 4 aromatic rings. The zero-order valence-electron chi connectivity index (χ0n) is 48.2. The lowest BCUT2D eigenvalue weighted by Crippen LogP contribution is -2.32. The number of hydrogen-bond donors (Lipinski definition) is 1. The van der Waals surface area contributed by atoms with Gasteiger partial charge in [0, 0.05) is 37.1 Å². The fourth-order valence-electron chi connectivity index (χ4n) is 8.57. The average Bonchev–Trinajstić information content (AvgIpc) is 3.92. The molecule has 2 atom stereocenters. The van der Waals surface area contributed by atoms with Gasteiger partial charge in [0.05, 0.1) is 23.1 Å². The lowest BCUT2D eigenvalue weighted by Gasteiger charge is -2.39. The molecule has 5 nitrogen and oxygen atoms in total. The molecule has 0 radical (unpaired) electrons. The highest BCUT2D eigenvalue weighted by atomic mass is 32.1. The van der Waals surface area contributed by atoms with Gasteiger partial charge < -0.3 is 4.42 Å². The lowest BCUT2D eigenvalue weighted by molar-refractivity contribution is 0.0992. The first-order chi connectivity index (χ1) is 28.6. The molecule has 5 rings (SSSR count). The number of oxazole rings is 1. The van der Waals surface area contributed by atoms with Crippen molar-refractivity contribution in [1.82, 2.24) is 20.2 Å². The van der Waals surface area contributed by atoms with Crippen molar-refractivity contribution in [2.24, 2.45) is 22.7 Å². The number of H-pyrrole nitrogens is 1. The zero-order chi connectivity index (χ0) is 51.4. The van der Waals surface area contributed by atoms with Gasteiger partial charge in [0.2, 0.25) is 0 Å². The fourth-order valence-corrected chi connectivity index (χ4v) is 10.8. The van der Waals surface area contributed by atoms with Crippen LogP contribution in [0.15, 0.2) is 34.0 Å². The summed E-state index contributed by atoms with van der Waals surface area (Å²) in [5.74, 6) is 2.88. The van der Waals surface area contributed by atoms with Crippen molar-refractivity contribution in [1.29, 1.82) is 0 Å². The maximum absolute atomic E-state index is 5.44. The van der Waals surface area contributed by atoms with Gasteiger partial charge >= 0.3 is 0 Å². The molecule has 1 N–H and O–H groups in total. The Morgan fingerprint density at radius 1 is 0.457 bits per heavy atom. The van der Waals surface area contributed by atoms with Crippen LogP contribution in [0, 0.1) is 22.7 Å². The SMILES string of the molecule is C.C.C.C.C.CC(C)(C)C1CCCC1C(C)(C)C.CC(C)(C)c1ccsc1C(C)(C)C.CC(C)(C)c1cn[nH]c1C(C)(C)C.CC(C)(C)c1ncoc1C(C)(C)C.CC(C)(C)c1ncsc1C(C)(C)C. The van der Waals surface area contributed by atoms with Gasteiger partial charge in [0.25, 0.3) is 0 Å². The Kier molecular flexibility index (Phi) is 29.9. The zero-order valence-corrected chi connectivity index (χ0v) is 49.9. The Bertz CT molecular complexity index is 1600. The van der Waals surface area contributed by atoms with Gasteiger partial charge in [-0.2, -0.15) is 5.10 Å². The summed E-state index contributed by atoms with van der Waals surface area (Å²) in [5, 5.41) is 9.44. The summed E-state index contributed by atoms with van der Waals surface area (Å²) < 4.78 is 5.44. The van der Waals surface area contributed by atoms with Gasteiger partial charge in [-0.15, -0.1) is 22.7 Å². The van der Waals surface area contributed by atoms with Crippen LogP contribution >= 0.6 is 22.7 Å². The summed E-state index contributed by atoms with van der Waals surface area (Å²) in [6.45, 7) is 67.7. The third-order valence-electron chi connectivity index (χ3n) is 12.0. The van der Waals surface area contributed by atoms with Crippen LogP contribution in [0.1, 0.15) is 308 Å². The normalized spacial score (nSPS) is 15.7. The van der Waals surface area contributed by atoms with Crippen LogP contribution in [-0.4, -0.2) is 20.2 Å². The van der Waals surface area contributed by atoms with Crippen molar-refractivity contribution >= 4 is 22.7 Å². The van der Waals surface area contributed by atoms with Crippen molar-refractivity contribution in [2.75, 3.05) is 0 Å². The molecule has 4 aromatic heterocycles. The molecule has 0 aliphatic heterocycles. The molecule has 1 fully saturated rings. The highest BCUT2D eigenvalue weighted by Crippen LogP contribution is 2.50. The topological polar surface area (TPSA) is 67.6 Å². The van der Waals surface area contributed by atoms with E-state index in [-0.39, 0.29) is 80.5 Å². The van der Waals surface area contributed by atoms with E-state index in [1.54, 1.807) is 17.7 Å². The second-order valence-electron chi connectivity index (χ2n) is 29.3. The Balaban J connectivity index is -0.000000247. The molecule has 0 saturated heterocycles.